The number of carbonyl (C=O) groups is 2. The molecule has 7 heteroatoms. The molecule has 0 aromatic heterocycles. The summed E-state index contributed by atoms with van der Waals surface area (Å²) in [6.45, 7) is 3.45. The van der Waals surface area contributed by atoms with E-state index < -0.39 is 11.9 Å². The maximum absolute atomic E-state index is 11.8. The van der Waals surface area contributed by atoms with Crippen molar-refractivity contribution in [3.63, 3.8) is 0 Å². The number of anilines is 1. The van der Waals surface area contributed by atoms with Crippen molar-refractivity contribution in [2.24, 2.45) is 0 Å². The summed E-state index contributed by atoms with van der Waals surface area (Å²) in [5, 5.41) is 2.98. The first-order chi connectivity index (χ1) is 10.5. The number of nitrogens with one attached hydrogen (secondary N) is 1. The van der Waals surface area contributed by atoms with Gasteiger partial charge < -0.3 is 14.8 Å². The molecule has 0 aliphatic heterocycles. The van der Waals surface area contributed by atoms with Crippen LogP contribution in [0.5, 0.6) is 0 Å². The van der Waals surface area contributed by atoms with Crippen molar-refractivity contribution < 1.29 is 19.1 Å². The molecule has 0 aliphatic rings. The fraction of sp³-hybridized carbons (Fsp3) is 0.267. The second-order valence-electron chi connectivity index (χ2n) is 3.97. The van der Waals surface area contributed by atoms with Crippen molar-refractivity contribution in [2.75, 3.05) is 18.5 Å². The number of esters is 2. The molecule has 1 N–H and O–H groups in total. The maximum Gasteiger partial charge on any atom is 0.347 e. The summed E-state index contributed by atoms with van der Waals surface area (Å²) in [6.07, 6.45) is 1.08. The molecule has 1 rings (SSSR count). The van der Waals surface area contributed by atoms with Gasteiger partial charge in [0.05, 0.1) is 18.9 Å². The minimum atomic E-state index is -0.834. The molecule has 1 aromatic rings. The Morgan fingerprint density at radius 1 is 1.09 bits per heavy atom. The molecular formula is C15H16ClNO5. The van der Waals surface area contributed by atoms with Crippen LogP contribution in [0, 0.1) is 0 Å². The number of hydrogen-bond donors (Lipinski definition) is 1. The van der Waals surface area contributed by atoms with Crippen LogP contribution < -0.4 is 10.7 Å². The molecule has 0 unspecified atom stereocenters. The zero-order valence-corrected chi connectivity index (χ0v) is 13.0. The monoisotopic (exact) mass is 325 g/mol. The van der Waals surface area contributed by atoms with E-state index in [4.69, 9.17) is 21.1 Å². The summed E-state index contributed by atoms with van der Waals surface area (Å²) in [5.41, 5.74) is -0.533. The van der Waals surface area contributed by atoms with Gasteiger partial charge in [-0.1, -0.05) is 11.6 Å². The van der Waals surface area contributed by atoms with Crippen molar-refractivity contribution in [3.8, 4) is 0 Å². The summed E-state index contributed by atoms with van der Waals surface area (Å²) in [6, 6.07) is 5.66. The quantitative estimate of drug-likeness (QED) is 0.373. The van der Waals surface area contributed by atoms with Crippen molar-refractivity contribution in [1.82, 2.24) is 0 Å². The maximum atomic E-state index is 11.8. The number of ether oxygens (including phenoxy) is 2. The van der Waals surface area contributed by atoms with Crippen molar-refractivity contribution >= 4 is 29.2 Å². The van der Waals surface area contributed by atoms with Crippen LogP contribution in [-0.4, -0.2) is 25.2 Å². The van der Waals surface area contributed by atoms with Gasteiger partial charge in [0.2, 0.25) is 5.43 Å². The minimum Gasteiger partial charge on any atom is -0.462 e. The highest BCUT2D eigenvalue weighted by molar-refractivity contribution is 6.30. The normalized spacial score (nSPS) is 9.59. The SMILES string of the molecule is CCOC(=O)C(=CNc1ccc(Cl)ccc1=O)C(=O)OCC. The van der Waals surface area contributed by atoms with Crippen LogP contribution in [0.1, 0.15) is 13.8 Å². The van der Waals surface area contributed by atoms with E-state index in [9.17, 15) is 14.4 Å². The molecule has 118 valence electrons. The van der Waals surface area contributed by atoms with Gasteiger partial charge in [0.25, 0.3) is 0 Å². The highest BCUT2D eigenvalue weighted by atomic mass is 35.5. The van der Waals surface area contributed by atoms with Gasteiger partial charge in [-0.15, -0.1) is 0 Å². The fourth-order valence-electron chi connectivity index (χ4n) is 1.43. The highest BCUT2D eigenvalue weighted by Crippen LogP contribution is 2.08. The molecule has 22 heavy (non-hydrogen) atoms. The Morgan fingerprint density at radius 3 is 2.18 bits per heavy atom. The molecule has 0 amide bonds. The van der Waals surface area contributed by atoms with E-state index in [1.807, 2.05) is 0 Å². The van der Waals surface area contributed by atoms with E-state index in [0.717, 1.165) is 6.20 Å². The Hall–Kier alpha value is -2.34. The van der Waals surface area contributed by atoms with Gasteiger partial charge in [-0.3, -0.25) is 4.79 Å². The van der Waals surface area contributed by atoms with Gasteiger partial charge in [0, 0.05) is 11.2 Å². The van der Waals surface area contributed by atoms with Gasteiger partial charge >= 0.3 is 11.9 Å². The van der Waals surface area contributed by atoms with Crippen LogP contribution in [0.2, 0.25) is 5.02 Å². The Bertz CT molecular complexity index is 622. The molecule has 1 aromatic carbocycles. The molecule has 0 atom stereocenters. The van der Waals surface area contributed by atoms with E-state index in [-0.39, 0.29) is 29.9 Å². The molecule has 0 bridgehead atoms. The summed E-state index contributed by atoms with van der Waals surface area (Å²) in [5.74, 6) is -1.67. The fourth-order valence-corrected chi connectivity index (χ4v) is 1.56. The third kappa shape index (κ3) is 5.21. The molecule has 0 saturated heterocycles. The predicted molar refractivity (Wildman–Crippen MR) is 82.7 cm³/mol. The van der Waals surface area contributed by atoms with E-state index in [0.29, 0.717) is 5.02 Å². The number of rotatable bonds is 6. The first kappa shape index (κ1) is 17.7. The highest BCUT2D eigenvalue weighted by Gasteiger charge is 2.20. The second-order valence-corrected chi connectivity index (χ2v) is 4.41. The average Bonchev–Trinajstić information content (AvgIpc) is 2.63. The Kier molecular flexibility index (Phi) is 7.12. The Balaban J connectivity index is 3.08. The van der Waals surface area contributed by atoms with E-state index in [1.54, 1.807) is 13.8 Å². The predicted octanol–water partition coefficient (Wildman–Crippen LogP) is 2.12. The van der Waals surface area contributed by atoms with Crippen LogP contribution in [0.3, 0.4) is 0 Å². The molecule has 0 aliphatic carbocycles. The van der Waals surface area contributed by atoms with Gasteiger partial charge in [-0.25, -0.2) is 9.59 Å². The molecule has 6 nitrogen and oxygen atoms in total. The van der Waals surface area contributed by atoms with Gasteiger partial charge in [0.1, 0.15) is 0 Å². The van der Waals surface area contributed by atoms with Crippen LogP contribution in [0.4, 0.5) is 5.69 Å². The largest absolute Gasteiger partial charge is 0.462 e. The third-order valence-corrected chi connectivity index (χ3v) is 2.68. The van der Waals surface area contributed by atoms with Crippen LogP contribution >= 0.6 is 11.6 Å². The molecule has 0 fully saturated rings. The summed E-state index contributed by atoms with van der Waals surface area (Å²) in [4.78, 5) is 35.3. The first-order valence-electron chi connectivity index (χ1n) is 6.60. The number of hydrogen-bond acceptors (Lipinski definition) is 6. The second kappa shape index (κ2) is 8.84. The molecule has 0 saturated carbocycles. The van der Waals surface area contributed by atoms with Gasteiger partial charge in [-0.05, 0) is 38.1 Å². The van der Waals surface area contributed by atoms with Crippen LogP contribution in [0.25, 0.3) is 0 Å². The Labute approximate surface area is 132 Å². The van der Waals surface area contributed by atoms with Crippen molar-refractivity contribution in [1.29, 1.82) is 0 Å². The number of carbonyl (C=O) groups excluding carboxylic acids is 2. The van der Waals surface area contributed by atoms with Crippen LogP contribution in [0.15, 0.2) is 40.8 Å². The average molecular weight is 326 g/mol. The third-order valence-electron chi connectivity index (χ3n) is 2.43. The molecule has 0 heterocycles. The van der Waals surface area contributed by atoms with E-state index >= 15 is 0 Å². The standard InChI is InChI=1S/C15H16ClNO5/c1-3-21-14(19)11(15(20)22-4-2)9-17-12-7-5-10(16)6-8-13(12)18/h5-9H,3-4H2,1-2H3,(H,17,18). The van der Waals surface area contributed by atoms with Crippen molar-refractivity contribution in [2.45, 2.75) is 13.8 Å². The van der Waals surface area contributed by atoms with Crippen LogP contribution in [-0.2, 0) is 19.1 Å². The zero-order chi connectivity index (χ0) is 16.5. The lowest BCUT2D eigenvalue weighted by Crippen LogP contribution is -2.20. The smallest absolute Gasteiger partial charge is 0.347 e. The molecule has 0 radical (unpaired) electrons. The Morgan fingerprint density at radius 2 is 1.64 bits per heavy atom. The van der Waals surface area contributed by atoms with Gasteiger partial charge in [0.15, 0.2) is 5.57 Å². The van der Waals surface area contributed by atoms with E-state index in [1.165, 1.54) is 24.3 Å². The first-order valence-corrected chi connectivity index (χ1v) is 6.98. The molecule has 0 spiro atoms. The lowest BCUT2D eigenvalue weighted by atomic mass is 10.3. The van der Waals surface area contributed by atoms with Crippen molar-refractivity contribution in [3.05, 3.63) is 51.3 Å². The zero-order valence-electron chi connectivity index (χ0n) is 12.2. The van der Waals surface area contributed by atoms with Gasteiger partial charge in [-0.2, -0.15) is 0 Å². The minimum absolute atomic E-state index is 0.109. The lowest BCUT2D eigenvalue weighted by molar-refractivity contribution is -0.146. The summed E-state index contributed by atoms with van der Waals surface area (Å²) in [7, 11) is 0. The van der Waals surface area contributed by atoms with E-state index in [2.05, 4.69) is 5.32 Å². The number of halogens is 1. The molecular weight excluding hydrogens is 310 g/mol. The summed E-state index contributed by atoms with van der Waals surface area (Å²) >= 11 is 5.78. The summed E-state index contributed by atoms with van der Waals surface area (Å²) < 4.78 is 9.56. The topological polar surface area (TPSA) is 81.7 Å². The lowest BCUT2D eigenvalue weighted by Gasteiger charge is -2.07.